The number of methoxy groups -OCH3 is 2. The van der Waals surface area contributed by atoms with Crippen LogP contribution < -0.4 is 18.5 Å². The molecule has 4 aromatic rings. The minimum atomic E-state index is -4.72. The van der Waals surface area contributed by atoms with Crippen molar-refractivity contribution in [2.75, 3.05) is 31.7 Å². The van der Waals surface area contributed by atoms with Gasteiger partial charge in [-0.3, -0.25) is 25.8 Å². The molecule has 1 aromatic carbocycles. The predicted octanol–water partition coefficient (Wildman–Crippen LogP) is 4.31. The van der Waals surface area contributed by atoms with Gasteiger partial charge < -0.3 is 23.7 Å². The number of ether oxygens (including phenoxy) is 5. The molecule has 0 saturated carbocycles. The van der Waals surface area contributed by atoms with Crippen LogP contribution in [0.5, 0.6) is 23.1 Å². The number of anilines is 1. The first kappa shape index (κ1) is 41.5. The van der Waals surface area contributed by atoms with Crippen LogP contribution in [0.1, 0.15) is 31.7 Å². The van der Waals surface area contributed by atoms with Crippen molar-refractivity contribution >= 4 is 22.0 Å². The average molecular weight is 778 g/mol. The summed E-state index contributed by atoms with van der Waals surface area (Å²) in [5.74, 6) is -0.434. The van der Waals surface area contributed by atoms with Crippen LogP contribution in [-0.2, 0) is 29.2 Å². The highest BCUT2D eigenvalue weighted by atomic mass is 32.2. The van der Waals surface area contributed by atoms with Gasteiger partial charge in [-0.2, -0.15) is 13.4 Å². The zero-order valence-corrected chi connectivity index (χ0v) is 30.3. The molecule has 2 atom stereocenters. The Kier molecular flexibility index (Phi) is 15.1. The van der Waals surface area contributed by atoms with Gasteiger partial charge in [0, 0.05) is 24.2 Å². The Balaban J connectivity index is 1.70. The van der Waals surface area contributed by atoms with Crippen LogP contribution in [0.2, 0.25) is 0 Å². The molecule has 0 amide bonds. The minimum absolute atomic E-state index is 0.00681. The van der Waals surface area contributed by atoms with Crippen LogP contribution >= 0.6 is 0 Å². The number of unbranched alkanes of at least 4 members (excludes halogenated alkanes) is 1. The molecule has 0 saturated heterocycles. The summed E-state index contributed by atoms with van der Waals surface area (Å²) in [7, 11) is -2.00. The van der Waals surface area contributed by atoms with Crippen molar-refractivity contribution in [3.8, 4) is 34.5 Å². The highest BCUT2D eigenvalue weighted by Crippen LogP contribution is 2.44. The van der Waals surface area contributed by atoms with Gasteiger partial charge in [-0.1, -0.05) is 18.2 Å². The molecule has 54 heavy (non-hydrogen) atoms. The van der Waals surface area contributed by atoms with Crippen molar-refractivity contribution in [2.45, 2.75) is 50.5 Å². The number of carbonyl (C=O) groups is 1. The number of aryl methyl sites for hydroxylation is 1. The lowest BCUT2D eigenvalue weighted by Gasteiger charge is -2.30. The van der Waals surface area contributed by atoms with Crippen molar-refractivity contribution in [1.82, 2.24) is 30.7 Å². The maximum atomic E-state index is 14.5. The Morgan fingerprint density at radius 3 is 2.26 bits per heavy atom. The monoisotopic (exact) mass is 777 g/mol. The Bertz CT molecular complexity index is 1910. The maximum Gasteiger partial charge on any atom is 0.510 e. The third-order valence-electron chi connectivity index (χ3n) is 7.20. The van der Waals surface area contributed by atoms with Gasteiger partial charge in [0.15, 0.2) is 34.4 Å². The van der Waals surface area contributed by atoms with E-state index in [9.17, 15) is 13.2 Å². The number of nitrogens with zero attached hydrogens (tertiary/aromatic N) is 7. The molecule has 4 rings (SSSR count). The van der Waals surface area contributed by atoms with E-state index in [4.69, 9.17) is 44.5 Å². The van der Waals surface area contributed by atoms with Gasteiger partial charge in [0.25, 0.3) is 15.9 Å². The van der Waals surface area contributed by atoms with Gasteiger partial charge in [-0.25, -0.2) is 28.7 Å². The molecule has 0 bridgehead atoms. The Hall–Kier alpha value is -5.30. The first-order chi connectivity index (χ1) is 25.8. The molecule has 22 heteroatoms. The number of sulfonamides is 1. The summed E-state index contributed by atoms with van der Waals surface area (Å²) in [6, 6.07) is 12.5. The lowest BCUT2D eigenvalue weighted by Crippen LogP contribution is -2.42. The molecule has 0 aliphatic heterocycles. The first-order valence-corrected chi connectivity index (χ1v) is 17.4. The third kappa shape index (κ3) is 11.3. The van der Waals surface area contributed by atoms with Crippen LogP contribution in [0.25, 0.3) is 11.4 Å². The molecule has 0 aliphatic carbocycles. The molecule has 292 valence electrons. The second kappa shape index (κ2) is 19.7. The second-order valence-electron chi connectivity index (χ2n) is 11.0. The molecule has 21 nitrogen and oxygen atoms in total. The minimum Gasteiger partial charge on any atom is -0.493 e. The molecular weight excluding hydrogens is 738 g/mol. The van der Waals surface area contributed by atoms with E-state index < -0.39 is 56.7 Å². The normalized spacial score (nSPS) is 12.6. The molecule has 0 aliphatic rings. The fourth-order valence-electron chi connectivity index (χ4n) is 4.73. The van der Waals surface area contributed by atoms with E-state index in [0.29, 0.717) is 15.4 Å². The van der Waals surface area contributed by atoms with Crippen molar-refractivity contribution < 1.29 is 67.4 Å². The van der Waals surface area contributed by atoms with Gasteiger partial charge in [0.05, 0.1) is 31.6 Å². The molecule has 0 radical (unpaired) electrons. The Morgan fingerprint density at radius 2 is 1.63 bits per heavy atom. The molecule has 4 N–H and O–H groups in total. The fraction of sp³-hybridized carbons (Fsp3) is 0.344. The number of carbonyl (C=O) groups excluding carboxylic acids is 1. The van der Waals surface area contributed by atoms with Gasteiger partial charge in [0.1, 0.15) is 12.7 Å². The molecular formula is C32H39N7O14S. The van der Waals surface area contributed by atoms with Crippen LogP contribution in [0, 0.1) is 6.92 Å². The number of hydrogen-bond donors (Lipinski definition) is 4. The van der Waals surface area contributed by atoms with E-state index >= 15 is 0 Å². The molecule has 3 aromatic heterocycles. The van der Waals surface area contributed by atoms with Crippen LogP contribution in [0.3, 0.4) is 0 Å². The zero-order chi connectivity index (χ0) is 39.3. The summed E-state index contributed by atoms with van der Waals surface area (Å²) in [5, 5.41) is 33.8. The predicted molar refractivity (Wildman–Crippen MR) is 181 cm³/mol. The van der Waals surface area contributed by atoms with Crippen LogP contribution in [0.15, 0.2) is 72.1 Å². The topological polar surface area (TPSA) is 258 Å². The lowest BCUT2D eigenvalue weighted by molar-refractivity contribution is -0.527. The van der Waals surface area contributed by atoms with Gasteiger partial charge >= 0.3 is 6.16 Å². The Morgan fingerprint density at radius 1 is 0.907 bits per heavy atom. The standard InChI is InChI=1S/C32H39N7O14S/c1-21-12-13-27(34-19-21)54(45,46)37(22(2)51-32(40)49-18-8-7-9-24(53-39(43)44)20-50-38(41)42)30-28(52-26-11-6-5-10-25(26)47-3)31(48-4)36-29(35-30)23-14-16-33-17-15-23/h5-6,10-17,19,22,24,41-44H,7-9,18,20H2,1-4H3. The quantitative estimate of drug-likeness (QED) is 0.0422. The molecule has 3 heterocycles. The van der Waals surface area contributed by atoms with E-state index in [0.717, 1.165) is 0 Å². The van der Waals surface area contributed by atoms with Crippen molar-refractivity contribution in [2.24, 2.45) is 0 Å². The zero-order valence-electron chi connectivity index (χ0n) is 29.5. The number of pyridine rings is 2. The van der Waals surface area contributed by atoms with Crippen LogP contribution in [0.4, 0.5) is 10.6 Å². The maximum absolute atomic E-state index is 14.5. The van der Waals surface area contributed by atoms with E-state index in [1.54, 1.807) is 43.3 Å². The largest absolute Gasteiger partial charge is 0.510 e. The smallest absolute Gasteiger partial charge is 0.493 e. The summed E-state index contributed by atoms with van der Waals surface area (Å²) >= 11 is 0. The number of rotatable bonds is 20. The third-order valence-corrected chi connectivity index (χ3v) is 8.96. The summed E-state index contributed by atoms with van der Waals surface area (Å²) in [5.41, 5.74) is 1.11. The molecule has 0 fully saturated rings. The summed E-state index contributed by atoms with van der Waals surface area (Å²) in [6.45, 7) is 2.29. The molecule has 2 unspecified atom stereocenters. The number of hydrogen-bond acceptors (Lipinski definition) is 20. The van der Waals surface area contributed by atoms with E-state index in [2.05, 4.69) is 29.6 Å². The first-order valence-electron chi connectivity index (χ1n) is 16.0. The van der Waals surface area contributed by atoms with E-state index in [1.165, 1.54) is 51.9 Å². The average Bonchev–Trinajstić information content (AvgIpc) is 3.14. The highest BCUT2D eigenvalue weighted by Gasteiger charge is 2.39. The SMILES string of the molecule is COc1ccccc1Oc1c(OC)nc(-c2ccncc2)nc1N(C(C)OC(=O)OCCCCC(CON(O)O)ON(O)O)S(=O)(=O)c1ccc(C)cn1. The van der Waals surface area contributed by atoms with E-state index in [1.807, 2.05) is 0 Å². The molecule has 0 spiro atoms. The van der Waals surface area contributed by atoms with Gasteiger partial charge in [-0.05, 0) is 69.0 Å². The fourth-order valence-corrected chi connectivity index (χ4v) is 6.14. The van der Waals surface area contributed by atoms with Gasteiger partial charge in [-0.15, -0.1) is 0 Å². The number of benzene rings is 1. The van der Waals surface area contributed by atoms with Gasteiger partial charge in [0.2, 0.25) is 5.75 Å². The number of para-hydroxylation sites is 2. The Labute approximate surface area is 309 Å². The van der Waals surface area contributed by atoms with Crippen molar-refractivity contribution in [1.29, 1.82) is 0 Å². The van der Waals surface area contributed by atoms with Crippen molar-refractivity contribution in [3.05, 3.63) is 72.7 Å². The van der Waals surface area contributed by atoms with Crippen LogP contribution in [-0.4, -0.2) is 106 Å². The summed E-state index contributed by atoms with van der Waals surface area (Å²) in [6.07, 6.45) is 0.890. The number of aromatic nitrogens is 4. The summed E-state index contributed by atoms with van der Waals surface area (Å²) in [4.78, 5) is 39.3. The summed E-state index contributed by atoms with van der Waals surface area (Å²) < 4.78 is 57.7. The lowest BCUT2D eigenvalue weighted by atomic mass is 10.2. The van der Waals surface area contributed by atoms with E-state index in [-0.39, 0.29) is 54.8 Å². The second-order valence-corrected chi connectivity index (χ2v) is 12.8. The van der Waals surface area contributed by atoms with Crippen molar-refractivity contribution in [3.63, 3.8) is 0 Å². The highest BCUT2D eigenvalue weighted by molar-refractivity contribution is 7.92.